The van der Waals surface area contributed by atoms with E-state index in [9.17, 15) is 9.59 Å². The fourth-order valence-electron chi connectivity index (χ4n) is 1.94. The van der Waals surface area contributed by atoms with Gasteiger partial charge in [0.2, 0.25) is 0 Å². The van der Waals surface area contributed by atoms with Gasteiger partial charge >= 0.3 is 5.97 Å². The predicted octanol–water partition coefficient (Wildman–Crippen LogP) is 2.32. The summed E-state index contributed by atoms with van der Waals surface area (Å²) in [5.74, 6) is -0.292. The average Bonchev–Trinajstić information content (AvgIpc) is 2.67. The average molecular weight is 310 g/mol. The zero-order valence-corrected chi connectivity index (χ0v) is 11.4. The van der Waals surface area contributed by atoms with Crippen LogP contribution in [0.25, 0.3) is 10.9 Å². The molecule has 0 radical (unpaired) electrons. The molecule has 1 heterocycles. The first-order valence-corrected chi connectivity index (χ1v) is 6.22. The van der Waals surface area contributed by atoms with Gasteiger partial charge in [0.1, 0.15) is 6.29 Å². The quantitative estimate of drug-likeness (QED) is 0.643. The molecule has 94 valence electrons. The van der Waals surface area contributed by atoms with Crippen LogP contribution in [0.2, 0.25) is 0 Å². The number of esters is 1. The molecule has 0 fully saturated rings. The molecule has 0 aliphatic heterocycles. The fraction of sp³-hybridized carbons (Fsp3) is 0.231. The Bertz CT molecular complexity index is 604. The molecule has 1 aromatic carbocycles. The van der Waals surface area contributed by atoms with E-state index < -0.39 is 0 Å². The standard InChI is InChI=1S/C13H12BrNO3/c1-18-13(17)6-9-8-15(4-5-16)12-3-2-10(14)7-11(9)12/h2-3,5,7-8H,4,6H2,1H3. The lowest BCUT2D eigenvalue weighted by Crippen LogP contribution is -2.04. The van der Waals surface area contributed by atoms with Crippen molar-refractivity contribution in [3.8, 4) is 0 Å². The maximum absolute atomic E-state index is 11.4. The van der Waals surface area contributed by atoms with E-state index in [1.807, 2.05) is 29.0 Å². The molecule has 0 atom stereocenters. The van der Waals surface area contributed by atoms with Crippen molar-refractivity contribution in [2.45, 2.75) is 13.0 Å². The lowest BCUT2D eigenvalue weighted by molar-refractivity contribution is -0.139. The zero-order valence-electron chi connectivity index (χ0n) is 9.85. The molecule has 0 saturated carbocycles. The highest BCUT2D eigenvalue weighted by atomic mass is 79.9. The lowest BCUT2D eigenvalue weighted by atomic mass is 10.1. The maximum atomic E-state index is 11.4. The van der Waals surface area contributed by atoms with Crippen LogP contribution in [0.5, 0.6) is 0 Å². The Balaban J connectivity index is 2.53. The van der Waals surface area contributed by atoms with Crippen molar-refractivity contribution in [1.29, 1.82) is 0 Å². The number of carbonyl (C=O) groups excluding carboxylic acids is 2. The highest BCUT2D eigenvalue weighted by Crippen LogP contribution is 2.25. The van der Waals surface area contributed by atoms with Crippen molar-refractivity contribution in [3.63, 3.8) is 0 Å². The summed E-state index contributed by atoms with van der Waals surface area (Å²) in [4.78, 5) is 22.0. The van der Waals surface area contributed by atoms with Gasteiger partial charge in [-0.25, -0.2) is 0 Å². The van der Waals surface area contributed by atoms with Gasteiger partial charge in [-0.15, -0.1) is 0 Å². The van der Waals surface area contributed by atoms with Crippen LogP contribution in [-0.2, 0) is 27.3 Å². The number of carbonyl (C=O) groups is 2. The Kier molecular flexibility index (Phi) is 3.81. The van der Waals surface area contributed by atoms with E-state index in [-0.39, 0.29) is 18.9 Å². The van der Waals surface area contributed by atoms with Gasteiger partial charge in [-0.3, -0.25) is 4.79 Å². The summed E-state index contributed by atoms with van der Waals surface area (Å²) in [6.45, 7) is 0.277. The first kappa shape index (κ1) is 12.8. The van der Waals surface area contributed by atoms with Gasteiger partial charge in [-0.2, -0.15) is 0 Å². The summed E-state index contributed by atoms with van der Waals surface area (Å²) in [7, 11) is 1.36. The van der Waals surface area contributed by atoms with Crippen molar-refractivity contribution in [1.82, 2.24) is 4.57 Å². The molecule has 0 spiro atoms. The second-order valence-electron chi connectivity index (χ2n) is 3.89. The third-order valence-corrected chi connectivity index (χ3v) is 3.25. The third-order valence-electron chi connectivity index (χ3n) is 2.76. The number of ether oxygens (including phenoxy) is 1. The van der Waals surface area contributed by atoms with Gasteiger partial charge in [-0.05, 0) is 23.8 Å². The van der Waals surface area contributed by atoms with E-state index in [0.717, 1.165) is 27.2 Å². The summed E-state index contributed by atoms with van der Waals surface area (Å²) in [6, 6.07) is 5.77. The Labute approximate surface area is 113 Å². The molecule has 5 heteroatoms. The zero-order chi connectivity index (χ0) is 13.1. The first-order valence-electron chi connectivity index (χ1n) is 5.43. The predicted molar refractivity (Wildman–Crippen MR) is 71.4 cm³/mol. The van der Waals surface area contributed by atoms with Gasteiger partial charge in [0.05, 0.1) is 20.1 Å². The Hall–Kier alpha value is -1.62. The van der Waals surface area contributed by atoms with Crippen LogP contribution in [0.3, 0.4) is 0 Å². The summed E-state index contributed by atoms with van der Waals surface area (Å²) >= 11 is 3.40. The molecule has 0 unspecified atom stereocenters. The third kappa shape index (κ3) is 2.46. The van der Waals surface area contributed by atoms with Crippen LogP contribution >= 0.6 is 15.9 Å². The molecule has 0 bridgehead atoms. The summed E-state index contributed by atoms with van der Waals surface area (Å²) in [5.41, 5.74) is 1.80. The molecular weight excluding hydrogens is 298 g/mol. The minimum Gasteiger partial charge on any atom is -0.469 e. The van der Waals surface area contributed by atoms with E-state index in [4.69, 9.17) is 0 Å². The van der Waals surface area contributed by atoms with Gasteiger partial charge < -0.3 is 14.1 Å². The van der Waals surface area contributed by atoms with Crippen LogP contribution in [0.1, 0.15) is 5.56 Å². The van der Waals surface area contributed by atoms with Gasteiger partial charge in [-0.1, -0.05) is 15.9 Å². The van der Waals surface area contributed by atoms with Crippen LogP contribution in [0.15, 0.2) is 28.9 Å². The maximum Gasteiger partial charge on any atom is 0.310 e. The van der Waals surface area contributed by atoms with E-state index in [0.29, 0.717) is 0 Å². The van der Waals surface area contributed by atoms with Gasteiger partial charge in [0, 0.05) is 21.6 Å². The van der Waals surface area contributed by atoms with Crippen LogP contribution in [0.4, 0.5) is 0 Å². The molecule has 0 aliphatic carbocycles. The van der Waals surface area contributed by atoms with Crippen LogP contribution < -0.4 is 0 Å². The molecule has 0 aliphatic rings. The summed E-state index contributed by atoms with van der Waals surface area (Å²) in [5, 5.41) is 0.955. The fourth-order valence-corrected chi connectivity index (χ4v) is 2.30. The number of hydrogen-bond acceptors (Lipinski definition) is 3. The molecule has 2 aromatic rings. The number of aromatic nitrogens is 1. The molecule has 1 aromatic heterocycles. The van der Waals surface area contributed by atoms with Crippen molar-refractivity contribution in [2.24, 2.45) is 0 Å². The number of methoxy groups -OCH3 is 1. The smallest absolute Gasteiger partial charge is 0.310 e. The number of halogens is 1. The number of aldehydes is 1. The number of benzene rings is 1. The molecule has 4 nitrogen and oxygen atoms in total. The van der Waals surface area contributed by atoms with Gasteiger partial charge in [0.25, 0.3) is 0 Å². The normalized spacial score (nSPS) is 10.6. The van der Waals surface area contributed by atoms with E-state index in [1.54, 1.807) is 0 Å². The Morgan fingerprint density at radius 2 is 2.28 bits per heavy atom. The highest BCUT2D eigenvalue weighted by molar-refractivity contribution is 9.10. The van der Waals surface area contributed by atoms with E-state index >= 15 is 0 Å². The van der Waals surface area contributed by atoms with Crippen molar-refractivity contribution >= 4 is 39.1 Å². The second-order valence-corrected chi connectivity index (χ2v) is 4.80. The van der Waals surface area contributed by atoms with Crippen LogP contribution in [-0.4, -0.2) is 23.9 Å². The summed E-state index contributed by atoms with van der Waals surface area (Å²) < 4.78 is 7.43. The number of nitrogens with zero attached hydrogens (tertiary/aromatic N) is 1. The Morgan fingerprint density at radius 3 is 2.94 bits per heavy atom. The second kappa shape index (κ2) is 5.35. The summed E-state index contributed by atoms with van der Waals surface area (Å²) in [6.07, 6.45) is 2.86. The minimum atomic E-state index is -0.292. The van der Waals surface area contributed by atoms with Crippen molar-refractivity contribution < 1.29 is 14.3 Å². The van der Waals surface area contributed by atoms with Gasteiger partial charge in [0.15, 0.2) is 0 Å². The molecule has 0 amide bonds. The molecule has 2 rings (SSSR count). The van der Waals surface area contributed by atoms with Crippen LogP contribution in [0, 0.1) is 0 Å². The van der Waals surface area contributed by atoms with Crippen molar-refractivity contribution in [3.05, 3.63) is 34.4 Å². The molecule has 18 heavy (non-hydrogen) atoms. The number of hydrogen-bond donors (Lipinski definition) is 0. The highest BCUT2D eigenvalue weighted by Gasteiger charge is 2.12. The SMILES string of the molecule is COC(=O)Cc1cn(CC=O)c2ccc(Br)cc12. The molecule has 0 N–H and O–H groups in total. The van der Waals surface area contributed by atoms with E-state index in [2.05, 4.69) is 20.7 Å². The minimum absolute atomic E-state index is 0.204. The first-order chi connectivity index (χ1) is 8.65. The van der Waals surface area contributed by atoms with E-state index in [1.165, 1.54) is 7.11 Å². The number of fused-ring (bicyclic) bond motifs is 1. The van der Waals surface area contributed by atoms with Crippen molar-refractivity contribution in [2.75, 3.05) is 7.11 Å². The lowest BCUT2D eigenvalue weighted by Gasteiger charge is -1.99. The molecule has 0 saturated heterocycles. The Morgan fingerprint density at radius 1 is 1.50 bits per heavy atom. The largest absolute Gasteiger partial charge is 0.469 e. The number of rotatable bonds is 4. The molecular formula is C13H12BrNO3. The monoisotopic (exact) mass is 309 g/mol. The topological polar surface area (TPSA) is 48.3 Å².